The third-order valence-electron chi connectivity index (χ3n) is 7.80. The summed E-state index contributed by atoms with van der Waals surface area (Å²) >= 11 is 0. The summed E-state index contributed by atoms with van der Waals surface area (Å²) in [5.41, 5.74) is 13.8. The van der Waals surface area contributed by atoms with E-state index in [0.717, 1.165) is 11.1 Å². The maximum atomic E-state index is 6.94. The minimum Gasteiger partial charge on any atom is -0.453 e. The highest BCUT2D eigenvalue weighted by Crippen LogP contribution is 2.71. The smallest absolute Gasteiger partial charge is 0.453 e. The van der Waals surface area contributed by atoms with Crippen molar-refractivity contribution in [2.45, 2.75) is 12.8 Å². The first-order chi connectivity index (χ1) is 26.6. The lowest BCUT2D eigenvalue weighted by Gasteiger charge is -2.28. The van der Waals surface area contributed by atoms with Gasteiger partial charge in [0.05, 0.1) is 0 Å². The van der Waals surface area contributed by atoms with E-state index in [9.17, 15) is 0 Å². The van der Waals surface area contributed by atoms with Crippen LogP contribution in [0.5, 0.6) is 46.0 Å². The van der Waals surface area contributed by atoms with Crippen LogP contribution in [0.25, 0.3) is 0 Å². The fourth-order valence-electron chi connectivity index (χ4n) is 5.37. The predicted octanol–water partition coefficient (Wildman–Crippen LogP) is 11.8. The van der Waals surface area contributed by atoms with E-state index in [1.807, 2.05) is 152 Å². The van der Waals surface area contributed by atoms with E-state index in [4.69, 9.17) is 52.6 Å². The van der Waals surface area contributed by atoms with E-state index >= 15 is 0 Å². The van der Waals surface area contributed by atoms with Crippen LogP contribution in [0.2, 0.25) is 0 Å². The highest BCUT2D eigenvalue weighted by molar-refractivity contribution is 7.73. The van der Waals surface area contributed by atoms with Gasteiger partial charge in [-0.05, 0) is 97.7 Å². The molecule has 6 aromatic rings. The third-order valence-corrected chi connectivity index (χ3v) is 13.8. The first-order valence-corrected chi connectivity index (χ1v) is 21.1. The Bertz CT molecular complexity index is 2270. The summed E-state index contributed by atoms with van der Waals surface area (Å²) < 4.78 is 54.8. The number of rotatable bonds is 16. The molecule has 0 radical (unpaired) electrons. The first kappa shape index (κ1) is 36.9. The monoisotopic (exact) mass is 777 g/mol. The van der Waals surface area contributed by atoms with Crippen LogP contribution >= 0.6 is 23.8 Å². The molecule has 4 N–H and O–H groups in total. The molecule has 0 saturated heterocycles. The molecule has 7 rings (SSSR count). The van der Waals surface area contributed by atoms with Crippen LogP contribution in [0.4, 0.5) is 0 Å². The van der Waals surface area contributed by atoms with Crippen molar-refractivity contribution in [3.63, 3.8) is 0 Å². The molecule has 1 aliphatic heterocycles. The van der Waals surface area contributed by atoms with Crippen molar-refractivity contribution in [1.82, 2.24) is 0 Å². The van der Waals surface area contributed by atoms with Crippen molar-refractivity contribution in [3.05, 3.63) is 169 Å². The van der Waals surface area contributed by atoms with Crippen LogP contribution < -0.4 is 39.0 Å². The summed E-state index contributed by atoms with van der Waals surface area (Å²) in [4.78, 5) is 0. The van der Waals surface area contributed by atoms with Gasteiger partial charge in [0.1, 0.15) is 28.7 Å². The molecule has 1 heterocycles. The lowest BCUT2D eigenvalue weighted by molar-refractivity contribution is 0.391. The van der Waals surface area contributed by atoms with E-state index in [-0.39, 0.29) is 20.0 Å². The molecule has 1 atom stereocenters. The van der Waals surface area contributed by atoms with E-state index < -0.39 is 15.3 Å². The number of para-hydroxylation sites is 6. The van der Waals surface area contributed by atoms with Crippen molar-refractivity contribution < 1.29 is 27.6 Å². The predicted molar refractivity (Wildman–Crippen MR) is 215 cm³/mol. The lowest BCUT2D eigenvalue weighted by Crippen LogP contribution is -2.07. The van der Waals surface area contributed by atoms with Gasteiger partial charge in [-0.3, -0.25) is 0 Å². The number of hydrogen-bond donors (Lipinski definition) is 2. The fourth-order valence-corrected chi connectivity index (χ4v) is 11.6. The summed E-state index contributed by atoms with van der Waals surface area (Å²) in [6.45, 7) is 0.889. The van der Waals surface area contributed by atoms with Gasteiger partial charge >= 0.3 is 15.3 Å². The number of nitrogens with zero attached hydrogens (tertiary/aromatic N) is 3. The zero-order valence-corrected chi connectivity index (χ0v) is 31.8. The molecule has 14 heteroatoms. The van der Waals surface area contributed by atoms with Crippen LogP contribution in [0.3, 0.4) is 0 Å². The second-order valence-electron chi connectivity index (χ2n) is 11.7. The highest BCUT2D eigenvalue weighted by Gasteiger charge is 2.40. The minimum absolute atomic E-state index is 0.243. The molecule has 0 bridgehead atoms. The molecular weight excluding hydrogens is 739 g/mol. The maximum Gasteiger partial charge on any atom is 0.460 e. The van der Waals surface area contributed by atoms with Crippen LogP contribution in [0.15, 0.2) is 171 Å². The Morgan fingerprint density at radius 2 is 0.889 bits per heavy atom. The zero-order valence-electron chi connectivity index (χ0n) is 29.1. The van der Waals surface area contributed by atoms with Crippen molar-refractivity contribution in [3.8, 4) is 46.0 Å². The molecule has 11 nitrogen and oxygen atoms in total. The summed E-state index contributed by atoms with van der Waals surface area (Å²) in [6.07, 6.45) is 1.21. The van der Waals surface area contributed by atoms with Gasteiger partial charge < -0.3 is 39.0 Å². The molecule has 0 aliphatic carbocycles. The normalized spacial score (nSPS) is 15.9. The van der Waals surface area contributed by atoms with Gasteiger partial charge in [-0.15, -0.1) is 9.03 Å². The molecule has 0 saturated carbocycles. The third kappa shape index (κ3) is 9.20. The average Bonchev–Trinajstić information content (AvgIpc) is 3.19. The van der Waals surface area contributed by atoms with Crippen molar-refractivity contribution >= 4 is 23.8 Å². The van der Waals surface area contributed by atoms with Gasteiger partial charge in [0.15, 0.2) is 20.0 Å². The zero-order chi connectivity index (χ0) is 37.1. The number of hydrogen-bond acceptors (Lipinski definition) is 11. The van der Waals surface area contributed by atoms with Crippen LogP contribution in [-0.4, -0.2) is 13.1 Å². The Kier molecular flexibility index (Phi) is 12.1. The lowest BCUT2D eigenvalue weighted by atomic mass is 10.1. The van der Waals surface area contributed by atoms with Gasteiger partial charge in [0.2, 0.25) is 5.75 Å². The summed E-state index contributed by atoms with van der Waals surface area (Å²) in [5, 5.41) is 0. The molecule has 274 valence electrons. The largest absolute Gasteiger partial charge is 0.460 e. The molecule has 1 aliphatic rings. The van der Waals surface area contributed by atoms with Gasteiger partial charge in [-0.25, -0.2) is 0 Å². The number of nitrogens with two attached hydrogens (primary N) is 2. The van der Waals surface area contributed by atoms with Gasteiger partial charge in [0.25, 0.3) is 0 Å². The molecule has 6 aromatic carbocycles. The molecule has 0 amide bonds. The molecule has 1 unspecified atom stereocenters. The van der Waals surface area contributed by atoms with Crippen LogP contribution in [0.1, 0.15) is 11.1 Å². The summed E-state index contributed by atoms with van der Waals surface area (Å²) in [7, 11) is -7.06. The SMILES string of the molecule is NCCc1ccccc1Oc1cccc(OP2(Oc3ccccc3)=NP=NP(Oc3ccccc3)(Oc3ccccc3)=N2)c1Oc1ccccc1CCN. The van der Waals surface area contributed by atoms with Crippen molar-refractivity contribution in [2.75, 3.05) is 13.1 Å². The maximum absolute atomic E-state index is 6.94. The molecule has 0 spiro atoms. The Morgan fingerprint density at radius 1 is 0.444 bits per heavy atom. The standard InChI is InChI=1S/C40H38N5O6P3/c41-29-27-31-15-10-12-23-36(31)46-38-25-14-26-39(40(38)47-37-24-13-11-16-32(37)28-30-42)51-54(50-35-21-8-3-9-22-35)44-52-43-53(45-54,48-33-17-4-1-5-18-33)49-34-19-6-2-7-20-34/h1-26H,27-30,41-42H2. The second-order valence-corrected chi connectivity index (χ2v) is 16.7. The summed E-state index contributed by atoms with van der Waals surface area (Å²) in [6, 6.07) is 48.6. The van der Waals surface area contributed by atoms with Crippen molar-refractivity contribution in [1.29, 1.82) is 0 Å². The van der Waals surface area contributed by atoms with E-state index in [1.165, 1.54) is 0 Å². The Labute approximate surface area is 316 Å². The quantitative estimate of drug-likeness (QED) is 0.0924. The Morgan fingerprint density at radius 3 is 1.43 bits per heavy atom. The second kappa shape index (κ2) is 17.6. The Hall–Kier alpha value is -5.40. The van der Waals surface area contributed by atoms with Crippen LogP contribution in [0, 0.1) is 0 Å². The highest BCUT2D eigenvalue weighted by atomic mass is 31.3. The van der Waals surface area contributed by atoms with Gasteiger partial charge in [-0.2, -0.15) is 0 Å². The van der Waals surface area contributed by atoms with Gasteiger partial charge in [-0.1, -0.05) is 102 Å². The average molecular weight is 778 g/mol. The molecule has 0 aromatic heterocycles. The van der Waals surface area contributed by atoms with E-state index in [0.29, 0.717) is 60.4 Å². The first-order valence-electron chi connectivity index (χ1n) is 17.2. The molecule has 0 fully saturated rings. The Balaban J connectivity index is 1.40. The molecular formula is C40H38N5O6P3. The van der Waals surface area contributed by atoms with Crippen molar-refractivity contribution in [2.24, 2.45) is 25.0 Å². The van der Waals surface area contributed by atoms with Crippen LogP contribution in [-0.2, 0) is 12.8 Å². The number of benzene rings is 6. The molecule has 54 heavy (non-hydrogen) atoms. The minimum atomic E-state index is -3.74. The fraction of sp³-hybridized carbons (Fsp3) is 0.100. The topological polar surface area (TPSA) is 145 Å². The summed E-state index contributed by atoms with van der Waals surface area (Å²) in [5.74, 6) is 3.65. The van der Waals surface area contributed by atoms with Gasteiger partial charge in [0, 0.05) is 0 Å². The van der Waals surface area contributed by atoms with E-state index in [1.54, 1.807) is 6.07 Å². The number of ether oxygens (including phenoxy) is 2. The van der Waals surface area contributed by atoms with E-state index in [2.05, 4.69) is 0 Å².